The molecule has 0 radical (unpaired) electrons. The molecule has 4 aromatic rings. The first kappa shape index (κ1) is 53.9. The molecule has 0 aromatic heterocycles. The van der Waals surface area contributed by atoms with Gasteiger partial charge in [0.2, 0.25) is 20.0 Å². The fraction of sp³-hybridized carbons (Fsp3) is 0.143. The number of nitrogens with two attached hydrogens (primary N) is 3. The summed E-state index contributed by atoms with van der Waals surface area (Å²) in [6.45, 7) is 5.34. The molecule has 21 nitrogen and oxygen atoms in total. The SMILES string of the molecule is Cc1cc(N)cc(S(N)(=O)=O)c1F.Cc1cc([N+](=O)[O-])cc(S(=O)(=O)Cl)c1F.Cc1cc([N+](=O)[O-])cc(S(N)(=O)=O)c1F.Cc1cc([N+](=O)[O-])ccc1F.O=S(=O)(O)Cl. The van der Waals surface area contributed by atoms with E-state index in [4.69, 9.17) is 39.7 Å². The largest absolute Gasteiger partial charge is 0.399 e. The second kappa shape index (κ2) is 21.2. The molecule has 0 saturated carbocycles. The molecular weight excluding hydrogens is 936 g/mol. The summed E-state index contributed by atoms with van der Waals surface area (Å²) in [5.74, 6) is -3.41. The van der Waals surface area contributed by atoms with Crippen molar-refractivity contribution in [2.24, 2.45) is 10.3 Å². The molecule has 0 fully saturated rings. The maximum absolute atomic E-state index is 13.3. The fourth-order valence-corrected chi connectivity index (χ4v) is 6.13. The van der Waals surface area contributed by atoms with Crippen LogP contribution in [0, 0.1) is 81.3 Å². The average Bonchev–Trinajstić information content (AvgIpc) is 3.04. The van der Waals surface area contributed by atoms with E-state index in [0.717, 1.165) is 30.3 Å². The molecule has 0 saturated heterocycles. The standard InChI is InChI=1S/C7H5ClFNO4S.C7H7FN2O4S.C7H9FN2O2S.C7H6FNO2.ClHO3S/c1-4-2-5(10(11)12)3-6(7(4)9)15(8,13)14;1-4-2-5(10(11)12)3-6(7(4)8)15(9,13)14;1-4-2-5(9)3-6(7(4)8)13(10,11)12;1-5-4-6(9(10)11)2-3-7(5)8;1-5(2,3)4/h2-3H,1H3;2-3H,1H3,(H2,9,13,14);2-3H,9H2,1H3,(H2,10,11,12);2-4H,1H3;(H,2,3,4). The van der Waals surface area contributed by atoms with Crippen molar-refractivity contribution in [3.8, 4) is 0 Å². The molecule has 4 aromatic carbocycles. The van der Waals surface area contributed by atoms with E-state index in [1.165, 1.54) is 39.8 Å². The Hall–Kier alpha value is -5.14. The lowest BCUT2D eigenvalue weighted by Gasteiger charge is -2.04. The van der Waals surface area contributed by atoms with Gasteiger partial charge in [0, 0.05) is 63.5 Å². The molecule has 0 aliphatic carbocycles. The van der Waals surface area contributed by atoms with Crippen molar-refractivity contribution >= 4 is 82.5 Å². The lowest BCUT2D eigenvalue weighted by atomic mass is 10.2. The topological polar surface area (TPSA) is 364 Å². The maximum atomic E-state index is 13.3. The molecule has 0 bridgehead atoms. The summed E-state index contributed by atoms with van der Waals surface area (Å²) in [5.41, 5.74) is 4.54. The lowest BCUT2D eigenvalue weighted by molar-refractivity contribution is -0.385. The monoisotopic (exact) mass is 962 g/mol. The number of non-ortho nitro benzene ring substituents is 3. The molecule has 0 amide bonds. The summed E-state index contributed by atoms with van der Waals surface area (Å²) in [7, 11) is -7.86. The van der Waals surface area contributed by atoms with Crippen LogP contribution in [0.5, 0.6) is 0 Å². The molecule has 0 unspecified atom stereocenters. The van der Waals surface area contributed by atoms with Crippen LogP contribution in [0.1, 0.15) is 22.3 Å². The third kappa shape index (κ3) is 18.5. The van der Waals surface area contributed by atoms with Crippen LogP contribution in [-0.4, -0.2) is 53.0 Å². The van der Waals surface area contributed by atoms with E-state index >= 15 is 0 Å². The first-order valence-electron chi connectivity index (χ1n) is 14.4. The van der Waals surface area contributed by atoms with Gasteiger partial charge in [-0.2, -0.15) is 8.42 Å². The molecule has 0 heterocycles. The summed E-state index contributed by atoms with van der Waals surface area (Å²) in [6.07, 6.45) is 0. The number of anilines is 1. The minimum atomic E-state index is -4.32. The Morgan fingerprint density at radius 1 is 0.542 bits per heavy atom. The van der Waals surface area contributed by atoms with Gasteiger partial charge in [-0.25, -0.2) is 53.1 Å². The average molecular weight is 964 g/mol. The van der Waals surface area contributed by atoms with E-state index in [1.807, 2.05) is 0 Å². The number of halogens is 6. The quantitative estimate of drug-likeness (QED) is 0.0488. The Morgan fingerprint density at radius 2 is 0.847 bits per heavy atom. The minimum Gasteiger partial charge on any atom is -0.399 e. The van der Waals surface area contributed by atoms with Crippen molar-refractivity contribution in [1.29, 1.82) is 0 Å². The van der Waals surface area contributed by atoms with E-state index < -0.39 is 103 Å². The van der Waals surface area contributed by atoms with Crippen LogP contribution in [0.3, 0.4) is 0 Å². The second-order valence-corrected chi connectivity index (χ2v) is 18.5. The molecule has 4 rings (SSSR count). The van der Waals surface area contributed by atoms with Crippen LogP contribution in [0.25, 0.3) is 0 Å². The highest BCUT2D eigenvalue weighted by atomic mass is 35.7. The Balaban J connectivity index is 0.000000735. The number of primary sulfonamides is 2. The number of nitro benzene ring substituents is 3. The number of benzene rings is 4. The van der Waals surface area contributed by atoms with Gasteiger partial charge in [0.05, 0.1) is 14.8 Å². The molecule has 0 aliphatic heterocycles. The third-order valence-electron chi connectivity index (χ3n) is 6.31. The van der Waals surface area contributed by atoms with E-state index in [9.17, 15) is 73.2 Å². The van der Waals surface area contributed by atoms with Crippen LogP contribution < -0.4 is 16.0 Å². The predicted octanol–water partition coefficient (Wildman–Crippen LogP) is 5.09. The van der Waals surface area contributed by atoms with Gasteiger partial charge < -0.3 is 5.73 Å². The summed E-state index contributed by atoms with van der Waals surface area (Å²) in [4.78, 5) is 26.4. The van der Waals surface area contributed by atoms with Crippen molar-refractivity contribution in [3.63, 3.8) is 0 Å². The first-order valence-corrected chi connectivity index (χ1v) is 22.1. The Bertz CT molecular complexity index is 2630. The Labute approximate surface area is 340 Å². The Morgan fingerprint density at radius 3 is 1.17 bits per heavy atom. The van der Waals surface area contributed by atoms with Crippen LogP contribution >= 0.6 is 21.4 Å². The van der Waals surface area contributed by atoms with E-state index in [-0.39, 0.29) is 28.1 Å². The first-order chi connectivity index (χ1) is 26.4. The highest BCUT2D eigenvalue weighted by Gasteiger charge is 2.23. The molecule has 31 heteroatoms. The van der Waals surface area contributed by atoms with Crippen molar-refractivity contribution in [2.75, 3.05) is 5.73 Å². The van der Waals surface area contributed by atoms with Gasteiger partial charge in [-0.3, -0.25) is 34.9 Å². The van der Waals surface area contributed by atoms with E-state index in [2.05, 4.69) is 10.7 Å². The number of rotatable bonds is 6. The van der Waals surface area contributed by atoms with Crippen molar-refractivity contribution in [1.82, 2.24) is 0 Å². The van der Waals surface area contributed by atoms with Gasteiger partial charge in [0.25, 0.3) is 26.1 Å². The zero-order valence-electron chi connectivity index (χ0n) is 29.8. The van der Waals surface area contributed by atoms with Crippen LogP contribution in [0.15, 0.2) is 69.3 Å². The lowest BCUT2D eigenvalue weighted by Crippen LogP contribution is -2.15. The zero-order chi connectivity index (χ0) is 46.8. The van der Waals surface area contributed by atoms with Crippen LogP contribution in [0.4, 0.5) is 40.3 Å². The summed E-state index contributed by atoms with van der Waals surface area (Å²) in [5, 5.41) is 40.4. The maximum Gasteiger partial charge on any atom is 0.353 e. The molecule has 0 aliphatic rings. The number of aryl methyl sites for hydroxylation is 4. The van der Waals surface area contributed by atoms with Crippen molar-refractivity contribution in [3.05, 3.63) is 130 Å². The van der Waals surface area contributed by atoms with E-state index in [0.29, 0.717) is 17.7 Å². The fourth-order valence-electron chi connectivity index (χ4n) is 3.75. The smallest absolute Gasteiger partial charge is 0.353 e. The van der Waals surface area contributed by atoms with Gasteiger partial charge in [0.1, 0.15) is 38.0 Å². The predicted molar refractivity (Wildman–Crippen MR) is 202 cm³/mol. The number of nitro groups is 3. The molecule has 7 N–H and O–H groups in total. The van der Waals surface area contributed by atoms with Crippen LogP contribution in [-0.2, 0) is 38.4 Å². The number of sulfonamides is 2. The van der Waals surface area contributed by atoms with Gasteiger partial charge in [-0.05, 0) is 68.1 Å². The zero-order valence-corrected chi connectivity index (χ0v) is 34.6. The van der Waals surface area contributed by atoms with Gasteiger partial charge in [0.15, 0.2) is 0 Å². The summed E-state index contributed by atoms with van der Waals surface area (Å²) in [6, 6.07) is 8.82. The second-order valence-electron chi connectivity index (χ2n) is 10.9. The molecule has 326 valence electrons. The highest BCUT2D eigenvalue weighted by molar-refractivity contribution is 8.13. The number of nitrogens with zero attached hydrogens (tertiary/aromatic N) is 3. The van der Waals surface area contributed by atoms with E-state index in [1.54, 1.807) is 0 Å². The molecule has 0 spiro atoms. The third-order valence-corrected chi connectivity index (χ3v) is 9.45. The normalized spacial score (nSPS) is 11.1. The van der Waals surface area contributed by atoms with Crippen molar-refractivity contribution < 1.29 is 70.6 Å². The number of hydrogen-bond donors (Lipinski definition) is 4. The van der Waals surface area contributed by atoms with Crippen LogP contribution in [0.2, 0.25) is 0 Å². The summed E-state index contributed by atoms with van der Waals surface area (Å²) < 4.78 is 143. The summed E-state index contributed by atoms with van der Waals surface area (Å²) >= 11 is 0. The van der Waals surface area contributed by atoms with Gasteiger partial charge in [-0.1, -0.05) is 0 Å². The van der Waals surface area contributed by atoms with Crippen molar-refractivity contribution in [2.45, 2.75) is 42.4 Å². The molecule has 59 heavy (non-hydrogen) atoms. The highest BCUT2D eigenvalue weighted by Crippen LogP contribution is 2.27. The molecule has 0 atom stereocenters. The van der Waals surface area contributed by atoms with Gasteiger partial charge in [-0.15, -0.1) is 0 Å². The number of nitrogen functional groups attached to an aromatic ring is 1. The molecular formula is C28H28Cl2F4N6O15S4. The minimum absolute atomic E-state index is 0.0797. The van der Waals surface area contributed by atoms with Gasteiger partial charge >= 0.3 is 9.33 Å². The Kier molecular flexibility index (Phi) is 19.4. The number of hydrogen-bond acceptors (Lipinski definition) is 15.